The lowest BCUT2D eigenvalue weighted by molar-refractivity contribution is -0.384. The van der Waals surface area contributed by atoms with Gasteiger partial charge in [-0.2, -0.15) is 8.42 Å². The van der Waals surface area contributed by atoms with Gasteiger partial charge in [-0.3, -0.25) is 10.1 Å². The van der Waals surface area contributed by atoms with Gasteiger partial charge in [0.05, 0.1) is 15.1 Å². The fourth-order valence-electron chi connectivity index (χ4n) is 1.12. The molecule has 15 heavy (non-hydrogen) atoms. The van der Waals surface area contributed by atoms with Crippen molar-refractivity contribution in [1.29, 1.82) is 0 Å². The number of H-pyrrole nitrogens is 1. The molecule has 1 aromatic carbocycles. The molecule has 1 heterocycles. The van der Waals surface area contributed by atoms with E-state index < -0.39 is 15.2 Å². The molecule has 0 aliphatic rings. The molecule has 1 aromatic heterocycles. The van der Waals surface area contributed by atoms with Crippen LogP contribution < -0.4 is 0 Å². The van der Waals surface area contributed by atoms with Gasteiger partial charge in [-0.05, 0) is 6.07 Å². The molecule has 0 radical (unpaired) electrons. The number of nitro groups is 1. The summed E-state index contributed by atoms with van der Waals surface area (Å²) in [6, 6.07) is 4.15. The first-order valence-corrected chi connectivity index (χ1v) is 5.66. The minimum atomic E-state index is -2.34. The Labute approximate surface area is 88.5 Å². The van der Waals surface area contributed by atoms with Gasteiger partial charge in [0.2, 0.25) is 14.2 Å². The van der Waals surface area contributed by atoms with E-state index in [4.69, 9.17) is 0 Å². The van der Waals surface area contributed by atoms with Crippen LogP contribution in [-0.2, 0) is 10.3 Å². The van der Waals surface area contributed by atoms with Gasteiger partial charge >= 0.3 is 0 Å². The molecule has 0 saturated carbocycles. The Morgan fingerprint density at radius 1 is 1.40 bits per heavy atom. The van der Waals surface area contributed by atoms with Crippen molar-refractivity contribution in [2.75, 3.05) is 0 Å². The summed E-state index contributed by atoms with van der Waals surface area (Å²) >= 11 is 0.964. The van der Waals surface area contributed by atoms with Crippen molar-refractivity contribution in [1.82, 2.24) is 4.98 Å². The Kier molecular flexibility index (Phi) is 2.29. The number of hydrogen-bond donors (Lipinski definition) is 1. The highest BCUT2D eigenvalue weighted by atomic mass is 32.2. The van der Waals surface area contributed by atoms with Gasteiger partial charge in [0.1, 0.15) is 0 Å². The predicted octanol–water partition coefficient (Wildman–Crippen LogP) is 1.55. The molecule has 0 aliphatic carbocycles. The first kappa shape index (κ1) is 9.87. The van der Waals surface area contributed by atoms with E-state index >= 15 is 0 Å². The van der Waals surface area contributed by atoms with Gasteiger partial charge in [-0.25, -0.2) is 0 Å². The van der Waals surface area contributed by atoms with Crippen LogP contribution >= 0.6 is 11.3 Å². The number of non-ortho nitro benzene ring substituents is 1. The largest absolute Gasteiger partial charge is 0.333 e. The third-order valence-corrected chi connectivity index (χ3v) is 3.67. The number of rotatable bonds is 1. The number of nitrogens with one attached hydrogen (secondary N) is 1. The minimum Gasteiger partial charge on any atom is -0.333 e. The standard InChI is InChI=1S/C7H4N2O4S2/c10-9(11)4-1-2-5-6(3-4)14-7(8-5)15(12)13/h1-3,8H. The van der Waals surface area contributed by atoms with E-state index in [2.05, 4.69) is 4.98 Å². The van der Waals surface area contributed by atoms with E-state index in [1.54, 1.807) is 0 Å². The van der Waals surface area contributed by atoms with Gasteiger partial charge < -0.3 is 4.98 Å². The van der Waals surface area contributed by atoms with Crippen molar-refractivity contribution in [3.05, 3.63) is 32.3 Å². The van der Waals surface area contributed by atoms with Crippen LogP contribution in [0, 0.1) is 14.1 Å². The molecule has 0 aliphatic heterocycles. The van der Waals surface area contributed by atoms with Crippen molar-refractivity contribution in [3.63, 3.8) is 0 Å². The molecule has 0 amide bonds. The summed E-state index contributed by atoms with van der Waals surface area (Å²) < 4.78 is 21.9. The third-order valence-electron chi connectivity index (χ3n) is 1.77. The summed E-state index contributed by atoms with van der Waals surface area (Å²) in [5.74, 6) is 0. The highest BCUT2D eigenvalue weighted by Gasteiger charge is 2.07. The zero-order valence-corrected chi connectivity index (χ0v) is 8.76. The minimum absolute atomic E-state index is 0.0546. The van der Waals surface area contributed by atoms with Crippen LogP contribution in [0.3, 0.4) is 0 Å². The topological polar surface area (TPSA) is 93.1 Å². The highest BCUT2D eigenvalue weighted by molar-refractivity contribution is 7.66. The van der Waals surface area contributed by atoms with Gasteiger partial charge in [0, 0.05) is 12.1 Å². The monoisotopic (exact) mass is 244 g/mol. The van der Waals surface area contributed by atoms with Crippen LogP contribution in [0.25, 0.3) is 10.2 Å². The number of aromatic nitrogens is 1. The van der Waals surface area contributed by atoms with Crippen LogP contribution in [0.1, 0.15) is 0 Å². The molecule has 1 N–H and O–H groups in total. The van der Waals surface area contributed by atoms with Gasteiger partial charge in [-0.1, -0.05) is 0 Å². The number of fused-ring (bicyclic) bond motifs is 1. The number of nitrogens with zero attached hydrogens (tertiary/aromatic N) is 1. The average molecular weight is 244 g/mol. The number of aromatic amines is 1. The molecule has 0 unspecified atom stereocenters. The second-order valence-corrected chi connectivity index (χ2v) is 4.88. The quantitative estimate of drug-likeness (QED) is 0.468. The fraction of sp³-hybridized carbons (Fsp3) is 0. The average Bonchev–Trinajstić information content (AvgIpc) is 2.59. The summed E-state index contributed by atoms with van der Waals surface area (Å²) in [7, 11) is -2.34. The Hall–Kier alpha value is -1.67. The summed E-state index contributed by atoms with van der Waals surface area (Å²) in [6.07, 6.45) is 0. The van der Waals surface area contributed by atoms with Crippen molar-refractivity contribution in [2.24, 2.45) is 0 Å². The molecule has 78 valence electrons. The molecule has 0 saturated heterocycles. The first-order valence-electron chi connectivity index (χ1n) is 3.77. The summed E-state index contributed by atoms with van der Waals surface area (Å²) in [5, 5.41) is 10.5. The smallest absolute Gasteiger partial charge is 0.270 e. The Balaban J connectivity index is 2.85. The predicted molar refractivity (Wildman–Crippen MR) is 55.0 cm³/mol. The van der Waals surface area contributed by atoms with Crippen molar-refractivity contribution in [2.45, 2.75) is 0 Å². The lowest BCUT2D eigenvalue weighted by Gasteiger charge is -1.89. The second-order valence-electron chi connectivity index (χ2n) is 2.69. The van der Waals surface area contributed by atoms with Crippen LogP contribution in [0.5, 0.6) is 0 Å². The van der Waals surface area contributed by atoms with Crippen LogP contribution in [-0.4, -0.2) is 18.3 Å². The number of benzene rings is 1. The van der Waals surface area contributed by atoms with Crippen molar-refractivity contribution >= 4 is 37.5 Å². The summed E-state index contributed by atoms with van der Waals surface area (Å²) in [5.41, 5.74) is 0.519. The number of thiazole rings is 1. The maximum Gasteiger partial charge on any atom is 0.270 e. The molecule has 6 nitrogen and oxygen atoms in total. The lowest BCUT2D eigenvalue weighted by Crippen LogP contribution is -1.85. The maximum atomic E-state index is 10.6. The molecule has 2 rings (SSSR count). The van der Waals surface area contributed by atoms with Gasteiger partial charge in [0.15, 0.2) is 0 Å². The first-order chi connectivity index (χ1) is 7.08. The Morgan fingerprint density at radius 2 is 2.13 bits per heavy atom. The van der Waals surface area contributed by atoms with E-state index in [0.29, 0.717) is 10.2 Å². The normalized spacial score (nSPS) is 10.4. The zero-order chi connectivity index (χ0) is 11.0. The van der Waals surface area contributed by atoms with Crippen LogP contribution in [0.4, 0.5) is 5.69 Å². The second kappa shape index (κ2) is 3.48. The van der Waals surface area contributed by atoms with E-state index in [1.165, 1.54) is 18.2 Å². The summed E-state index contributed by atoms with van der Waals surface area (Å²) in [4.78, 5) is 12.6. The van der Waals surface area contributed by atoms with Crippen LogP contribution in [0.2, 0.25) is 0 Å². The SMILES string of the molecule is O=[N+]([O-])c1ccc2[nH]c(=S(=O)=O)sc2c1. The molecular weight excluding hydrogens is 240 g/mol. The fourth-order valence-corrected chi connectivity index (χ4v) is 2.63. The number of hydrogen-bond acceptors (Lipinski definition) is 5. The van der Waals surface area contributed by atoms with Gasteiger partial charge in [0.25, 0.3) is 5.69 Å². The molecular formula is C7H4N2O4S2. The van der Waals surface area contributed by atoms with Gasteiger partial charge in [-0.15, -0.1) is 11.3 Å². The Bertz CT molecular complexity index is 702. The third kappa shape index (κ3) is 1.76. The van der Waals surface area contributed by atoms with Crippen LogP contribution in [0.15, 0.2) is 18.2 Å². The Morgan fingerprint density at radius 3 is 2.73 bits per heavy atom. The molecule has 8 heteroatoms. The molecule has 0 spiro atoms. The molecule has 0 atom stereocenters. The maximum absolute atomic E-state index is 10.6. The highest BCUT2D eigenvalue weighted by Crippen LogP contribution is 2.23. The van der Waals surface area contributed by atoms with E-state index in [1.807, 2.05) is 0 Å². The van der Waals surface area contributed by atoms with E-state index in [0.717, 1.165) is 11.3 Å². The van der Waals surface area contributed by atoms with Crippen molar-refractivity contribution < 1.29 is 13.3 Å². The van der Waals surface area contributed by atoms with E-state index in [9.17, 15) is 18.5 Å². The molecule has 0 bridgehead atoms. The zero-order valence-electron chi connectivity index (χ0n) is 7.13. The molecule has 0 fully saturated rings. The number of nitro benzene ring substituents is 1. The van der Waals surface area contributed by atoms with Crippen molar-refractivity contribution in [3.8, 4) is 0 Å². The lowest BCUT2D eigenvalue weighted by atomic mass is 10.3. The van der Waals surface area contributed by atoms with E-state index in [-0.39, 0.29) is 9.64 Å². The summed E-state index contributed by atoms with van der Waals surface area (Å²) in [6.45, 7) is 0. The molecule has 2 aromatic rings.